The van der Waals surface area contributed by atoms with Gasteiger partial charge in [-0.3, -0.25) is 0 Å². The topological polar surface area (TPSA) is 17.3 Å². The highest BCUT2D eigenvalue weighted by molar-refractivity contribution is 8.93. The molecular weight excluding hydrogens is 312 g/mol. The molecule has 3 aromatic rings. The molecule has 0 saturated heterocycles. The molecule has 0 atom stereocenters. The van der Waals surface area contributed by atoms with Gasteiger partial charge in [0.1, 0.15) is 5.65 Å². The van der Waals surface area contributed by atoms with Crippen LogP contribution in [-0.4, -0.2) is 9.38 Å². The zero-order chi connectivity index (χ0) is 11.8. The highest BCUT2D eigenvalue weighted by atomic mass is 79.9. The van der Waals surface area contributed by atoms with E-state index in [0.717, 1.165) is 27.5 Å². The summed E-state index contributed by atoms with van der Waals surface area (Å²) in [6.07, 6.45) is 4.00. The molecule has 1 aromatic carbocycles. The molecule has 2 aromatic heterocycles. The third-order valence-corrected chi connectivity index (χ3v) is 3.16. The first kappa shape index (κ1) is 13.1. The van der Waals surface area contributed by atoms with Crippen LogP contribution in [0.2, 0.25) is 5.02 Å². The van der Waals surface area contributed by atoms with Crippen molar-refractivity contribution < 1.29 is 0 Å². The van der Waals surface area contributed by atoms with Crippen molar-refractivity contribution in [1.29, 1.82) is 0 Å². The van der Waals surface area contributed by atoms with Crippen molar-refractivity contribution in [2.75, 3.05) is 0 Å². The Morgan fingerprint density at radius 1 is 1.11 bits per heavy atom. The van der Waals surface area contributed by atoms with Gasteiger partial charge in [0, 0.05) is 18.0 Å². The first-order chi connectivity index (χ1) is 8.25. The fraction of sp³-hybridized carbons (Fsp3) is 0.0714. The van der Waals surface area contributed by atoms with Gasteiger partial charge >= 0.3 is 0 Å². The molecule has 0 amide bonds. The summed E-state index contributed by atoms with van der Waals surface area (Å²) in [7, 11) is 0. The van der Waals surface area contributed by atoms with E-state index in [1.807, 2.05) is 47.1 Å². The van der Waals surface area contributed by atoms with Crippen LogP contribution < -0.4 is 0 Å². The molecule has 0 unspecified atom stereocenters. The van der Waals surface area contributed by atoms with E-state index in [1.165, 1.54) is 0 Å². The highest BCUT2D eigenvalue weighted by Gasteiger charge is 2.08. The lowest BCUT2D eigenvalue weighted by Gasteiger charge is -1.97. The number of aryl methyl sites for hydroxylation is 1. The predicted octanol–water partition coefficient (Wildman–Crippen LogP) is 4.54. The zero-order valence-corrected chi connectivity index (χ0v) is 12.3. The fourth-order valence-corrected chi connectivity index (χ4v) is 2.18. The monoisotopic (exact) mass is 322 g/mol. The van der Waals surface area contributed by atoms with Crippen molar-refractivity contribution in [3.8, 4) is 11.3 Å². The summed E-state index contributed by atoms with van der Waals surface area (Å²) in [6, 6.07) is 11.8. The summed E-state index contributed by atoms with van der Waals surface area (Å²) >= 11 is 6.18. The molecule has 92 valence electrons. The fourth-order valence-electron chi connectivity index (χ4n) is 1.95. The number of rotatable bonds is 1. The lowest BCUT2D eigenvalue weighted by Crippen LogP contribution is -1.83. The number of pyridine rings is 1. The maximum absolute atomic E-state index is 6.18. The second kappa shape index (κ2) is 5.12. The van der Waals surface area contributed by atoms with Crippen LogP contribution in [0.25, 0.3) is 16.9 Å². The van der Waals surface area contributed by atoms with Crippen LogP contribution in [0.15, 0.2) is 48.8 Å². The van der Waals surface area contributed by atoms with Crippen LogP contribution in [0.3, 0.4) is 0 Å². The van der Waals surface area contributed by atoms with Gasteiger partial charge in [-0.05, 0) is 24.6 Å². The van der Waals surface area contributed by atoms with Gasteiger partial charge in [0.25, 0.3) is 0 Å². The molecule has 0 N–H and O–H groups in total. The van der Waals surface area contributed by atoms with E-state index >= 15 is 0 Å². The average molecular weight is 324 g/mol. The van der Waals surface area contributed by atoms with Gasteiger partial charge in [0.15, 0.2) is 0 Å². The minimum Gasteiger partial charge on any atom is -0.306 e. The summed E-state index contributed by atoms with van der Waals surface area (Å²) in [6.45, 7) is 2.05. The van der Waals surface area contributed by atoms with Crippen LogP contribution in [0.1, 0.15) is 5.56 Å². The largest absolute Gasteiger partial charge is 0.306 e. The van der Waals surface area contributed by atoms with Crippen molar-refractivity contribution in [3.05, 3.63) is 59.4 Å². The van der Waals surface area contributed by atoms with E-state index < -0.39 is 0 Å². The maximum atomic E-state index is 6.18. The number of imidazole rings is 1. The van der Waals surface area contributed by atoms with E-state index in [1.54, 1.807) is 0 Å². The number of aromatic nitrogens is 2. The van der Waals surface area contributed by atoms with E-state index in [-0.39, 0.29) is 17.0 Å². The summed E-state index contributed by atoms with van der Waals surface area (Å²) in [5, 5.41) is 0.730. The van der Waals surface area contributed by atoms with Gasteiger partial charge in [-0.1, -0.05) is 35.9 Å². The predicted molar refractivity (Wildman–Crippen MR) is 80.7 cm³/mol. The quantitative estimate of drug-likeness (QED) is 0.642. The lowest BCUT2D eigenvalue weighted by molar-refractivity contribution is 1.16. The lowest BCUT2D eigenvalue weighted by atomic mass is 10.2. The maximum Gasteiger partial charge on any atom is 0.140 e. The van der Waals surface area contributed by atoms with Gasteiger partial charge in [-0.15, -0.1) is 17.0 Å². The number of nitrogens with zero attached hydrogens (tertiary/aromatic N) is 2. The first-order valence-corrected chi connectivity index (χ1v) is 5.83. The van der Waals surface area contributed by atoms with Crippen LogP contribution >= 0.6 is 28.6 Å². The van der Waals surface area contributed by atoms with E-state index in [9.17, 15) is 0 Å². The normalized spacial score (nSPS) is 10.3. The van der Waals surface area contributed by atoms with Gasteiger partial charge in [0.2, 0.25) is 0 Å². The van der Waals surface area contributed by atoms with Crippen LogP contribution in [0.4, 0.5) is 0 Å². The van der Waals surface area contributed by atoms with Crippen molar-refractivity contribution in [1.82, 2.24) is 9.38 Å². The second-order valence-electron chi connectivity index (χ2n) is 4.03. The number of hydrogen-bond acceptors (Lipinski definition) is 1. The molecular formula is C14H12BrClN2. The molecule has 0 aliphatic carbocycles. The Labute approximate surface area is 121 Å². The van der Waals surface area contributed by atoms with Crippen molar-refractivity contribution >= 4 is 34.2 Å². The van der Waals surface area contributed by atoms with Gasteiger partial charge in [-0.25, -0.2) is 4.98 Å². The Balaban J connectivity index is 0.00000120. The van der Waals surface area contributed by atoms with Crippen molar-refractivity contribution in [2.45, 2.75) is 6.92 Å². The summed E-state index contributed by atoms with van der Waals surface area (Å²) in [4.78, 5) is 4.62. The minimum atomic E-state index is 0. The summed E-state index contributed by atoms with van der Waals surface area (Å²) < 4.78 is 2.02. The van der Waals surface area contributed by atoms with Gasteiger partial charge in [-0.2, -0.15) is 0 Å². The zero-order valence-electron chi connectivity index (χ0n) is 9.80. The molecule has 0 spiro atoms. The standard InChI is InChI=1S/C14H11ClN2.BrH/c1-10-5-4-8-17-9-13(16-14(10)17)11-6-2-3-7-12(11)15;/h2-9H,1H3;1H. The molecule has 18 heavy (non-hydrogen) atoms. The Hall–Kier alpha value is -1.32. The van der Waals surface area contributed by atoms with E-state index in [2.05, 4.69) is 18.0 Å². The molecule has 0 aliphatic heterocycles. The number of hydrogen-bond donors (Lipinski definition) is 0. The van der Waals surface area contributed by atoms with Crippen molar-refractivity contribution in [3.63, 3.8) is 0 Å². The molecule has 2 nitrogen and oxygen atoms in total. The number of fused-ring (bicyclic) bond motifs is 1. The molecule has 4 heteroatoms. The molecule has 0 bridgehead atoms. The highest BCUT2D eigenvalue weighted by Crippen LogP contribution is 2.27. The Morgan fingerprint density at radius 3 is 2.61 bits per heavy atom. The molecule has 2 heterocycles. The van der Waals surface area contributed by atoms with Gasteiger partial charge in [0.05, 0.1) is 10.7 Å². The Bertz CT molecular complexity index is 691. The third kappa shape index (κ3) is 2.16. The van der Waals surface area contributed by atoms with Crippen LogP contribution in [0, 0.1) is 6.92 Å². The van der Waals surface area contributed by atoms with Crippen LogP contribution in [-0.2, 0) is 0 Å². The molecule has 0 fully saturated rings. The smallest absolute Gasteiger partial charge is 0.140 e. The van der Waals surface area contributed by atoms with Crippen molar-refractivity contribution in [2.24, 2.45) is 0 Å². The average Bonchev–Trinajstić information content (AvgIpc) is 2.75. The number of halogens is 2. The SMILES string of the molecule is Br.Cc1cccn2cc(-c3ccccc3Cl)nc12. The van der Waals surface area contributed by atoms with Gasteiger partial charge < -0.3 is 4.40 Å². The molecule has 0 aliphatic rings. The molecule has 0 saturated carbocycles. The minimum absolute atomic E-state index is 0. The Kier molecular flexibility index (Phi) is 3.73. The number of benzene rings is 1. The molecule has 0 radical (unpaired) electrons. The summed E-state index contributed by atoms with van der Waals surface area (Å²) in [5.74, 6) is 0. The second-order valence-corrected chi connectivity index (χ2v) is 4.44. The summed E-state index contributed by atoms with van der Waals surface area (Å²) in [5.41, 5.74) is 4.01. The molecule has 3 rings (SSSR count). The van der Waals surface area contributed by atoms with E-state index in [0.29, 0.717) is 0 Å². The third-order valence-electron chi connectivity index (χ3n) is 2.83. The van der Waals surface area contributed by atoms with E-state index in [4.69, 9.17) is 11.6 Å². The first-order valence-electron chi connectivity index (χ1n) is 5.45. The Morgan fingerprint density at radius 2 is 1.89 bits per heavy atom. The van der Waals surface area contributed by atoms with Crippen LogP contribution in [0.5, 0.6) is 0 Å².